The third kappa shape index (κ3) is 4.73. The summed E-state index contributed by atoms with van der Waals surface area (Å²) in [6.45, 7) is 12.7. The molecule has 96 valence electrons. The number of rotatable bonds is 5. The van der Waals surface area contributed by atoms with E-state index in [2.05, 4.69) is 57.2 Å². The minimum atomic E-state index is 0.166. The summed E-state index contributed by atoms with van der Waals surface area (Å²) in [5, 5.41) is 7.81. The van der Waals surface area contributed by atoms with Crippen molar-refractivity contribution in [2.75, 3.05) is 6.54 Å². The Bertz CT molecular complexity index is 369. The van der Waals surface area contributed by atoms with Gasteiger partial charge in [-0.1, -0.05) is 12.5 Å². The van der Waals surface area contributed by atoms with E-state index in [-0.39, 0.29) is 5.54 Å². The number of hydrogen-bond donors (Lipinski definition) is 1. The van der Waals surface area contributed by atoms with Crippen molar-refractivity contribution >= 4 is 6.08 Å². The molecule has 0 amide bonds. The second kappa shape index (κ2) is 6.01. The molecule has 0 spiro atoms. The van der Waals surface area contributed by atoms with Gasteiger partial charge in [0.15, 0.2) is 0 Å². The van der Waals surface area contributed by atoms with Crippen LogP contribution >= 0.6 is 0 Å². The highest BCUT2D eigenvalue weighted by Gasteiger charge is 2.09. The van der Waals surface area contributed by atoms with Gasteiger partial charge in [-0.2, -0.15) is 5.10 Å². The molecule has 0 bridgehead atoms. The van der Waals surface area contributed by atoms with Crippen LogP contribution in [-0.4, -0.2) is 21.9 Å². The predicted octanol–water partition coefficient (Wildman–Crippen LogP) is 3.08. The average Bonchev–Trinajstić information content (AvgIpc) is 2.70. The monoisotopic (exact) mass is 235 g/mol. The molecule has 0 atom stereocenters. The summed E-state index contributed by atoms with van der Waals surface area (Å²) < 4.78 is 2.02. The zero-order chi connectivity index (χ0) is 12.9. The highest BCUT2D eigenvalue weighted by molar-refractivity contribution is 5.49. The zero-order valence-electron chi connectivity index (χ0n) is 11.7. The molecule has 0 aliphatic carbocycles. The quantitative estimate of drug-likeness (QED) is 0.850. The maximum Gasteiger partial charge on any atom is 0.0609 e. The first-order valence-electron chi connectivity index (χ1n) is 6.42. The van der Waals surface area contributed by atoms with Gasteiger partial charge >= 0.3 is 0 Å². The number of aryl methyl sites for hydroxylation is 1. The molecule has 0 aliphatic rings. The molecule has 3 nitrogen and oxygen atoms in total. The first kappa shape index (κ1) is 14.0. The van der Waals surface area contributed by atoms with Gasteiger partial charge in [0, 0.05) is 24.8 Å². The van der Waals surface area contributed by atoms with Crippen LogP contribution in [-0.2, 0) is 6.54 Å². The van der Waals surface area contributed by atoms with E-state index in [9.17, 15) is 0 Å². The van der Waals surface area contributed by atoms with Gasteiger partial charge in [0.05, 0.1) is 5.69 Å². The molecule has 0 unspecified atom stereocenters. The molecule has 0 fully saturated rings. The van der Waals surface area contributed by atoms with Crippen LogP contribution in [0.4, 0.5) is 0 Å². The second-order valence-corrected chi connectivity index (χ2v) is 5.33. The average molecular weight is 235 g/mol. The molecule has 1 aromatic heterocycles. The first-order valence-corrected chi connectivity index (χ1v) is 6.42. The van der Waals surface area contributed by atoms with Gasteiger partial charge in [-0.3, -0.25) is 4.68 Å². The van der Waals surface area contributed by atoms with E-state index in [0.717, 1.165) is 19.5 Å². The number of nitrogens with zero attached hydrogens (tertiary/aromatic N) is 2. The summed E-state index contributed by atoms with van der Waals surface area (Å²) >= 11 is 0. The summed E-state index contributed by atoms with van der Waals surface area (Å²) in [6.07, 6.45) is 5.17. The Labute approximate surface area is 105 Å². The maximum atomic E-state index is 4.28. The van der Waals surface area contributed by atoms with Crippen LogP contribution < -0.4 is 5.32 Å². The molecule has 0 saturated heterocycles. The van der Waals surface area contributed by atoms with Gasteiger partial charge < -0.3 is 5.32 Å². The van der Waals surface area contributed by atoms with E-state index >= 15 is 0 Å². The normalized spacial score (nSPS) is 13.1. The van der Waals surface area contributed by atoms with Gasteiger partial charge in [0.25, 0.3) is 0 Å². The second-order valence-electron chi connectivity index (χ2n) is 5.33. The van der Waals surface area contributed by atoms with Gasteiger partial charge in [0.1, 0.15) is 0 Å². The maximum absolute atomic E-state index is 4.28. The van der Waals surface area contributed by atoms with Crippen LogP contribution in [0.25, 0.3) is 6.08 Å². The lowest BCUT2D eigenvalue weighted by molar-refractivity contribution is 0.443. The van der Waals surface area contributed by atoms with Gasteiger partial charge in [-0.05, 0) is 46.3 Å². The van der Waals surface area contributed by atoms with E-state index in [0.29, 0.717) is 0 Å². The lowest BCUT2D eigenvalue weighted by atomic mass is 10.1. The third-order valence-corrected chi connectivity index (χ3v) is 2.70. The van der Waals surface area contributed by atoms with Crippen molar-refractivity contribution in [2.24, 2.45) is 0 Å². The van der Waals surface area contributed by atoms with Crippen molar-refractivity contribution in [1.82, 2.24) is 15.1 Å². The molecule has 1 heterocycles. The topological polar surface area (TPSA) is 29.9 Å². The lowest BCUT2D eigenvalue weighted by Crippen LogP contribution is -2.37. The van der Waals surface area contributed by atoms with Crippen molar-refractivity contribution in [3.63, 3.8) is 0 Å². The Morgan fingerprint density at radius 3 is 2.65 bits per heavy atom. The van der Waals surface area contributed by atoms with Crippen molar-refractivity contribution in [2.45, 2.75) is 53.1 Å². The molecule has 3 heteroatoms. The van der Waals surface area contributed by atoms with Gasteiger partial charge in [0.2, 0.25) is 0 Å². The highest BCUT2D eigenvalue weighted by Crippen LogP contribution is 2.10. The van der Waals surface area contributed by atoms with E-state index in [1.54, 1.807) is 0 Å². The molecule has 0 aromatic carbocycles. The number of aromatic nitrogens is 2. The van der Waals surface area contributed by atoms with E-state index in [1.165, 1.54) is 11.3 Å². The van der Waals surface area contributed by atoms with Gasteiger partial charge in [-0.25, -0.2) is 0 Å². The summed E-state index contributed by atoms with van der Waals surface area (Å²) in [5.74, 6) is 0. The minimum Gasteiger partial charge on any atom is -0.308 e. The molecule has 0 saturated carbocycles. The number of hydrogen-bond acceptors (Lipinski definition) is 2. The summed E-state index contributed by atoms with van der Waals surface area (Å²) in [4.78, 5) is 0. The summed E-state index contributed by atoms with van der Waals surface area (Å²) in [7, 11) is 0. The Morgan fingerprint density at radius 1 is 1.41 bits per heavy atom. The molecular formula is C14H25N3. The van der Waals surface area contributed by atoms with E-state index in [4.69, 9.17) is 0 Å². The molecule has 17 heavy (non-hydrogen) atoms. The Morgan fingerprint density at radius 2 is 2.12 bits per heavy atom. The summed E-state index contributed by atoms with van der Waals surface area (Å²) in [6, 6.07) is 2.07. The SMILES string of the molecule is CCC(=Cc1ccnn1CC)CNC(C)(C)C. The lowest BCUT2D eigenvalue weighted by Gasteiger charge is -2.21. The van der Waals surface area contributed by atoms with Crippen LogP contribution in [0.1, 0.15) is 46.7 Å². The zero-order valence-corrected chi connectivity index (χ0v) is 11.7. The summed E-state index contributed by atoms with van der Waals surface area (Å²) in [5.41, 5.74) is 2.77. The van der Waals surface area contributed by atoms with Crippen molar-refractivity contribution in [3.8, 4) is 0 Å². The largest absolute Gasteiger partial charge is 0.308 e. The predicted molar refractivity (Wildman–Crippen MR) is 73.9 cm³/mol. The molecule has 1 aromatic rings. The van der Waals surface area contributed by atoms with Crippen molar-refractivity contribution < 1.29 is 0 Å². The van der Waals surface area contributed by atoms with Gasteiger partial charge in [-0.15, -0.1) is 0 Å². The van der Waals surface area contributed by atoms with Crippen molar-refractivity contribution in [3.05, 3.63) is 23.5 Å². The van der Waals surface area contributed by atoms with Crippen LogP contribution in [0.15, 0.2) is 17.8 Å². The van der Waals surface area contributed by atoms with E-state index < -0.39 is 0 Å². The fourth-order valence-electron chi connectivity index (χ4n) is 1.60. The van der Waals surface area contributed by atoms with E-state index in [1.807, 2.05) is 10.9 Å². The fraction of sp³-hybridized carbons (Fsp3) is 0.643. The Kier molecular flexibility index (Phi) is 4.94. The standard InChI is InChI=1S/C14H25N3/c1-6-12(11-15-14(3,4)5)10-13-8-9-16-17(13)7-2/h8-10,15H,6-7,11H2,1-5H3. The number of nitrogens with one attached hydrogen (secondary N) is 1. The first-order chi connectivity index (χ1) is 7.96. The Balaban J connectivity index is 2.73. The fourth-order valence-corrected chi connectivity index (χ4v) is 1.60. The van der Waals surface area contributed by atoms with Crippen LogP contribution in [0.5, 0.6) is 0 Å². The third-order valence-electron chi connectivity index (χ3n) is 2.70. The minimum absolute atomic E-state index is 0.166. The van der Waals surface area contributed by atoms with Crippen LogP contribution in [0.3, 0.4) is 0 Å². The smallest absolute Gasteiger partial charge is 0.0609 e. The van der Waals surface area contributed by atoms with Crippen LogP contribution in [0, 0.1) is 0 Å². The van der Waals surface area contributed by atoms with Crippen molar-refractivity contribution in [1.29, 1.82) is 0 Å². The van der Waals surface area contributed by atoms with Crippen LogP contribution in [0.2, 0.25) is 0 Å². The highest BCUT2D eigenvalue weighted by atomic mass is 15.3. The Hall–Kier alpha value is -1.09. The molecule has 0 radical (unpaired) electrons. The molecule has 0 aliphatic heterocycles. The molecule has 1 N–H and O–H groups in total. The molecule has 1 rings (SSSR count). The molecular weight excluding hydrogens is 210 g/mol.